The summed E-state index contributed by atoms with van der Waals surface area (Å²) in [5.41, 5.74) is 5.40. The zero-order valence-electron chi connectivity index (χ0n) is 14.6. The van der Waals surface area contributed by atoms with E-state index < -0.39 is 0 Å². The molecular formula is C17H25N3O4S. The normalized spacial score (nSPS) is 10.0. The van der Waals surface area contributed by atoms with Gasteiger partial charge in [-0.3, -0.25) is 25.8 Å². The summed E-state index contributed by atoms with van der Waals surface area (Å²) in [6, 6.07) is 6.64. The van der Waals surface area contributed by atoms with Crippen molar-refractivity contribution in [2.45, 2.75) is 32.6 Å². The Morgan fingerprint density at radius 3 is 2.44 bits per heavy atom. The maximum atomic E-state index is 12.1. The van der Waals surface area contributed by atoms with Gasteiger partial charge in [-0.25, -0.2) is 0 Å². The molecule has 25 heavy (non-hydrogen) atoms. The van der Waals surface area contributed by atoms with Crippen LogP contribution in [-0.2, 0) is 9.53 Å². The molecule has 0 aliphatic heterocycles. The van der Waals surface area contributed by atoms with Crippen LogP contribution in [0.2, 0.25) is 0 Å². The molecule has 0 saturated carbocycles. The SMILES string of the molecule is CCCCCC(=O)NNC(=S)NC(=O)c1ccc(OCCOC)cc1. The molecule has 0 fully saturated rings. The van der Waals surface area contributed by atoms with Gasteiger partial charge < -0.3 is 9.47 Å². The van der Waals surface area contributed by atoms with E-state index in [-0.39, 0.29) is 16.9 Å². The first-order valence-electron chi connectivity index (χ1n) is 8.18. The number of ether oxygens (including phenoxy) is 2. The van der Waals surface area contributed by atoms with E-state index in [9.17, 15) is 9.59 Å². The van der Waals surface area contributed by atoms with Gasteiger partial charge in [-0.2, -0.15) is 0 Å². The van der Waals surface area contributed by atoms with Gasteiger partial charge in [0, 0.05) is 19.1 Å². The summed E-state index contributed by atoms with van der Waals surface area (Å²) in [6.45, 7) is 3.00. The average molecular weight is 367 g/mol. The van der Waals surface area contributed by atoms with Crippen LogP contribution in [0, 0.1) is 0 Å². The van der Waals surface area contributed by atoms with Gasteiger partial charge in [0.15, 0.2) is 5.11 Å². The number of hydrogen-bond acceptors (Lipinski definition) is 5. The van der Waals surface area contributed by atoms with Crippen LogP contribution in [0.15, 0.2) is 24.3 Å². The highest BCUT2D eigenvalue weighted by Gasteiger charge is 2.09. The highest BCUT2D eigenvalue weighted by atomic mass is 32.1. The quantitative estimate of drug-likeness (QED) is 0.351. The van der Waals surface area contributed by atoms with Crippen LogP contribution >= 0.6 is 12.2 Å². The first-order valence-corrected chi connectivity index (χ1v) is 8.59. The lowest BCUT2D eigenvalue weighted by atomic mass is 10.2. The molecule has 1 rings (SSSR count). The molecule has 0 aliphatic rings. The van der Waals surface area contributed by atoms with Gasteiger partial charge in [0.1, 0.15) is 12.4 Å². The topological polar surface area (TPSA) is 88.7 Å². The van der Waals surface area contributed by atoms with Crippen molar-refractivity contribution in [1.29, 1.82) is 0 Å². The first-order chi connectivity index (χ1) is 12.1. The first kappa shape index (κ1) is 20.9. The molecule has 0 heterocycles. The van der Waals surface area contributed by atoms with Crippen LogP contribution in [0.3, 0.4) is 0 Å². The molecule has 2 amide bonds. The molecular weight excluding hydrogens is 342 g/mol. The molecule has 0 atom stereocenters. The number of carbonyl (C=O) groups is 2. The van der Waals surface area contributed by atoms with Crippen LogP contribution in [0.4, 0.5) is 0 Å². The molecule has 1 aromatic carbocycles. The molecule has 3 N–H and O–H groups in total. The zero-order chi connectivity index (χ0) is 18.5. The van der Waals surface area contributed by atoms with Crippen molar-refractivity contribution < 1.29 is 19.1 Å². The van der Waals surface area contributed by atoms with E-state index in [4.69, 9.17) is 21.7 Å². The Bertz CT molecular complexity index is 564. The Morgan fingerprint density at radius 1 is 1.08 bits per heavy atom. The Labute approximate surface area is 153 Å². The highest BCUT2D eigenvalue weighted by molar-refractivity contribution is 7.80. The van der Waals surface area contributed by atoms with Crippen LogP contribution < -0.4 is 20.9 Å². The summed E-state index contributed by atoms with van der Waals surface area (Å²) in [4.78, 5) is 23.6. The zero-order valence-corrected chi connectivity index (χ0v) is 15.4. The summed E-state index contributed by atoms with van der Waals surface area (Å²) in [7, 11) is 1.60. The molecule has 8 heteroatoms. The fourth-order valence-electron chi connectivity index (χ4n) is 1.88. The van der Waals surface area contributed by atoms with Crippen LogP contribution in [0.25, 0.3) is 0 Å². The minimum Gasteiger partial charge on any atom is -0.491 e. The van der Waals surface area contributed by atoms with Gasteiger partial charge in [-0.05, 0) is 42.9 Å². The van der Waals surface area contributed by atoms with Crippen LogP contribution in [0.5, 0.6) is 5.75 Å². The Hall–Kier alpha value is -2.19. The van der Waals surface area contributed by atoms with Crippen LogP contribution in [-0.4, -0.2) is 37.3 Å². The van der Waals surface area contributed by atoms with E-state index in [2.05, 4.69) is 23.1 Å². The number of rotatable bonds is 9. The number of amides is 2. The maximum absolute atomic E-state index is 12.1. The largest absolute Gasteiger partial charge is 0.491 e. The van der Waals surface area contributed by atoms with E-state index in [1.54, 1.807) is 31.4 Å². The summed E-state index contributed by atoms with van der Waals surface area (Å²) in [6.07, 6.45) is 3.29. The summed E-state index contributed by atoms with van der Waals surface area (Å²) < 4.78 is 10.3. The van der Waals surface area contributed by atoms with Gasteiger partial charge >= 0.3 is 0 Å². The molecule has 1 aromatic rings. The Balaban J connectivity index is 2.34. The van der Waals surface area contributed by atoms with E-state index in [0.29, 0.717) is 30.9 Å². The molecule has 0 aromatic heterocycles. The van der Waals surface area contributed by atoms with Crippen molar-refractivity contribution in [2.24, 2.45) is 0 Å². The van der Waals surface area contributed by atoms with E-state index in [1.807, 2.05) is 0 Å². The molecule has 0 bridgehead atoms. The fourth-order valence-corrected chi connectivity index (χ4v) is 2.02. The molecule has 0 saturated heterocycles. The number of nitrogens with one attached hydrogen (secondary N) is 3. The van der Waals surface area contributed by atoms with E-state index in [0.717, 1.165) is 19.3 Å². The molecule has 0 unspecified atom stereocenters. The summed E-state index contributed by atoms with van der Waals surface area (Å²) in [5, 5.41) is 2.53. The lowest BCUT2D eigenvalue weighted by Gasteiger charge is -2.11. The van der Waals surface area contributed by atoms with Crippen molar-refractivity contribution in [3.05, 3.63) is 29.8 Å². The third kappa shape index (κ3) is 9.02. The third-order valence-corrected chi connectivity index (χ3v) is 3.43. The fraction of sp³-hybridized carbons (Fsp3) is 0.471. The molecule has 0 spiro atoms. The summed E-state index contributed by atoms with van der Waals surface area (Å²) >= 11 is 4.98. The van der Waals surface area contributed by atoms with Crippen molar-refractivity contribution >= 4 is 29.1 Å². The third-order valence-electron chi connectivity index (χ3n) is 3.22. The summed E-state index contributed by atoms with van der Waals surface area (Å²) in [5.74, 6) is 0.109. The lowest BCUT2D eigenvalue weighted by molar-refractivity contribution is -0.121. The molecule has 0 radical (unpaired) electrons. The predicted octanol–water partition coefficient (Wildman–Crippen LogP) is 1.93. The number of benzene rings is 1. The Kier molecular flexibility index (Phi) is 10.2. The van der Waals surface area contributed by atoms with Gasteiger partial charge in [-0.1, -0.05) is 19.8 Å². The smallest absolute Gasteiger partial charge is 0.257 e. The number of unbranched alkanes of at least 4 members (excludes halogenated alkanes) is 2. The minimum absolute atomic E-state index is 0.0364. The second kappa shape index (κ2) is 12.2. The van der Waals surface area contributed by atoms with Crippen molar-refractivity contribution in [2.75, 3.05) is 20.3 Å². The van der Waals surface area contributed by atoms with Gasteiger partial charge in [0.2, 0.25) is 5.91 Å². The predicted molar refractivity (Wildman–Crippen MR) is 99.3 cm³/mol. The molecule has 138 valence electrons. The van der Waals surface area contributed by atoms with Crippen molar-refractivity contribution in [3.8, 4) is 5.75 Å². The average Bonchev–Trinajstić information content (AvgIpc) is 2.61. The minimum atomic E-state index is -0.374. The standard InChI is InChI=1S/C17H25N3O4S/c1-3-4-5-6-15(21)19-20-17(25)18-16(22)13-7-9-14(10-8-13)24-12-11-23-2/h7-10H,3-6,11-12H2,1-2H3,(H,19,21)(H2,18,20,22,25). The number of carbonyl (C=O) groups excluding carboxylic acids is 2. The highest BCUT2D eigenvalue weighted by Crippen LogP contribution is 2.12. The number of thiocarbonyl (C=S) groups is 1. The van der Waals surface area contributed by atoms with Gasteiger partial charge in [0.05, 0.1) is 6.61 Å². The van der Waals surface area contributed by atoms with Crippen molar-refractivity contribution in [1.82, 2.24) is 16.2 Å². The molecule has 7 nitrogen and oxygen atoms in total. The van der Waals surface area contributed by atoms with Gasteiger partial charge in [0.25, 0.3) is 5.91 Å². The monoisotopic (exact) mass is 367 g/mol. The van der Waals surface area contributed by atoms with Gasteiger partial charge in [-0.15, -0.1) is 0 Å². The van der Waals surface area contributed by atoms with Crippen LogP contribution in [0.1, 0.15) is 43.0 Å². The van der Waals surface area contributed by atoms with E-state index in [1.165, 1.54) is 0 Å². The Morgan fingerprint density at radius 2 is 1.80 bits per heavy atom. The second-order valence-electron chi connectivity index (χ2n) is 5.28. The second-order valence-corrected chi connectivity index (χ2v) is 5.69. The number of hydrogen-bond donors (Lipinski definition) is 3. The number of hydrazine groups is 1. The van der Waals surface area contributed by atoms with E-state index >= 15 is 0 Å². The van der Waals surface area contributed by atoms with Crippen molar-refractivity contribution in [3.63, 3.8) is 0 Å². The molecule has 0 aliphatic carbocycles. The maximum Gasteiger partial charge on any atom is 0.257 e. The lowest BCUT2D eigenvalue weighted by Crippen LogP contribution is -2.48. The number of methoxy groups -OCH3 is 1.